The van der Waals surface area contributed by atoms with Gasteiger partial charge in [-0.3, -0.25) is 9.59 Å². The molecule has 1 heterocycles. The minimum atomic E-state index is -3.69. The van der Waals surface area contributed by atoms with Crippen molar-refractivity contribution in [2.45, 2.75) is 45.2 Å². The molecule has 2 N–H and O–H groups in total. The van der Waals surface area contributed by atoms with E-state index in [9.17, 15) is 18.0 Å². The van der Waals surface area contributed by atoms with Gasteiger partial charge >= 0.3 is 0 Å². The third-order valence-corrected chi connectivity index (χ3v) is 6.74. The first-order valence-electron chi connectivity index (χ1n) is 9.91. The van der Waals surface area contributed by atoms with Gasteiger partial charge < -0.3 is 15.1 Å². The van der Waals surface area contributed by atoms with Crippen LogP contribution in [0.5, 0.6) is 0 Å². The van der Waals surface area contributed by atoms with E-state index in [1.807, 2.05) is 13.8 Å². The number of nitrogens with zero attached hydrogens (tertiary/aromatic N) is 1. The van der Waals surface area contributed by atoms with Crippen LogP contribution in [0.15, 0.2) is 52.0 Å². The third-order valence-electron chi connectivity index (χ3n) is 4.69. The molecule has 164 valence electrons. The Morgan fingerprint density at radius 1 is 1.10 bits per heavy atom. The second-order valence-corrected chi connectivity index (χ2v) is 9.05. The average molecular weight is 436 g/mol. The smallest absolute Gasteiger partial charge is 0.251 e. The maximum atomic E-state index is 12.8. The van der Waals surface area contributed by atoms with Gasteiger partial charge in [-0.15, -0.1) is 0 Å². The second-order valence-electron chi connectivity index (χ2n) is 7.11. The van der Waals surface area contributed by atoms with Crippen LogP contribution in [0.25, 0.3) is 0 Å². The Morgan fingerprint density at radius 3 is 2.37 bits per heavy atom. The SMILES string of the molecule is CCN(CC)S(=O)(=O)c1cccc(C(=O)N[C@H](C(=O)NCc2ccco2)C(C)C)c1. The molecule has 0 bridgehead atoms. The van der Waals surface area contributed by atoms with Crippen LogP contribution in [0.3, 0.4) is 0 Å². The summed E-state index contributed by atoms with van der Waals surface area (Å²) >= 11 is 0. The molecule has 0 fully saturated rings. The van der Waals surface area contributed by atoms with Crippen LogP contribution in [0, 0.1) is 5.92 Å². The first kappa shape index (κ1) is 23.6. The van der Waals surface area contributed by atoms with Crippen LogP contribution >= 0.6 is 0 Å². The number of benzene rings is 1. The van der Waals surface area contributed by atoms with Gasteiger partial charge in [0.15, 0.2) is 0 Å². The molecular weight excluding hydrogens is 406 g/mol. The fourth-order valence-corrected chi connectivity index (χ4v) is 4.47. The molecule has 8 nitrogen and oxygen atoms in total. The lowest BCUT2D eigenvalue weighted by atomic mass is 10.0. The van der Waals surface area contributed by atoms with E-state index >= 15 is 0 Å². The molecule has 0 aliphatic carbocycles. The van der Waals surface area contributed by atoms with E-state index in [4.69, 9.17) is 4.42 Å². The van der Waals surface area contributed by atoms with E-state index in [1.165, 1.54) is 34.8 Å². The van der Waals surface area contributed by atoms with Crippen molar-refractivity contribution >= 4 is 21.8 Å². The Kier molecular flexibility index (Phi) is 8.19. The van der Waals surface area contributed by atoms with E-state index in [0.29, 0.717) is 18.8 Å². The van der Waals surface area contributed by atoms with Crippen molar-refractivity contribution in [2.24, 2.45) is 5.92 Å². The summed E-state index contributed by atoms with van der Waals surface area (Å²) in [6, 6.07) is 8.52. The third kappa shape index (κ3) is 5.70. The predicted octanol–water partition coefficient (Wildman–Crippen LogP) is 2.38. The van der Waals surface area contributed by atoms with Crippen LogP contribution in [0.4, 0.5) is 0 Å². The molecule has 0 saturated carbocycles. The van der Waals surface area contributed by atoms with E-state index in [0.717, 1.165) is 0 Å². The van der Waals surface area contributed by atoms with Crippen molar-refractivity contribution < 1.29 is 22.4 Å². The number of hydrogen-bond donors (Lipinski definition) is 2. The number of furan rings is 1. The zero-order valence-electron chi connectivity index (χ0n) is 17.7. The summed E-state index contributed by atoms with van der Waals surface area (Å²) in [5, 5.41) is 5.45. The maximum Gasteiger partial charge on any atom is 0.251 e. The lowest BCUT2D eigenvalue weighted by Crippen LogP contribution is -2.49. The molecule has 0 spiro atoms. The average Bonchev–Trinajstić information content (AvgIpc) is 3.24. The molecule has 0 radical (unpaired) electrons. The normalized spacial score (nSPS) is 12.7. The number of carbonyl (C=O) groups excluding carboxylic acids is 2. The molecule has 2 rings (SSSR count). The fraction of sp³-hybridized carbons (Fsp3) is 0.429. The summed E-state index contributed by atoms with van der Waals surface area (Å²) in [4.78, 5) is 25.4. The van der Waals surface area contributed by atoms with Gasteiger partial charge in [-0.2, -0.15) is 4.31 Å². The monoisotopic (exact) mass is 435 g/mol. The minimum absolute atomic E-state index is 0.0437. The van der Waals surface area contributed by atoms with Crippen LogP contribution in [-0.4, -0.2) is 43.7 Å². The zero-order chi connectivity index (χ0) is 22.3. The number of rotatable bonds is 10. The number of hydrogen-bond acceptors (Lipinski definition) is 5. The van der Waals surface area contributed by atoms with Crippen LogP contribution in [0.1, 0.15) is 43.8 Å². The van der Waals surface area contributed by atoms with Gasteiger partial charge in [-0.05, 0) is 36.2 Å². The van der Waals surface area contributed by atoms with Gasteiger partial charge in [-0.25, -0.2) is 8.42 Å². The van der Waals surface area contributed by atoms with Crippen molar-refractivity contribution in [3.05, 3.63) is 54.0 Å². The quantitative estimate of drug-likeness (QED) is 0.596. The lowest BCUT2D eigenvalue weighted by Gasteiger charge is -2.22. The topological polar surface area (TPSA) is 109 Å². The minimum Gasteiger partial charge on any atom is -0.467 e. The first-order chi connectivity index (χ1) is 14.2. The molecule has 30 heavy (non-hydrogen) atoms. The largest absolute Gasteiger partial charge is 0.467 e. The molecular formula is C21H29N3O5S. The van der Waals surface area contributed by atoms with Gasteiger partial charge in [-0.1, -0.05) is 33.8 Å². The Hall–Kier alpha value is -2.65. The summed E-state index contributed by atoms with van der Waals surface area (Å²) in [6.45, 7) is 8.03. The van der Waals surface area contributed by atoms with Crippen molar-refractivity contribution in [2.75, 3.05) is 13.1 Å². The van der Waals surface area contributed by atoms with Crippen LogP contribution in [0.2, 0.25) is 0 Å². The molecule has 2 amide bonds. The molecule has 2 aromatic rings. The van der Waals surface area contributed by atoms with Gasteiger partial charge in [0, 0.05) is 18.7 Å². The molecule has 0 aliphatic rings. The van der Waals surface area contributed by atoms with E-state index < -0.39 is 22.0 Å². The summed E-state index contributed by atoms with van der Waals surface area (Å²) in [5.74, 6) is -0.431. The molecule has 0 unspecified atom stereocenters. The van der Waals surface area contributed by atoms with E-state index in [-0.39, 0.29) is 28.8 Å². The van der Waals surface area contributed by atoms with Crippen molar-refractivity contribution in [3.8, 4) is 0 Å². The Labute approximate surface area is 177 Å². The van der Waals surface area contributed by atoms with Crippen molar-refractivity contribution in [1.29, 1.82) is 0 Å². The Balaban J connectivity index is 2.15. The fourth-order valence-electron chi connectivity index (χ4n) is 2.97. The summed E-state index contributed by atoms with van der Waals surface area (Å²) < 4.78 is 32.0. The van der Waals surface area contributed by atoms with Gasteiger partial charge in [0.25, 0.3) is 5.91 Å². The first-order valence-corrected chi connectivity index (χ1v) is 11.4. The highest BCUT2D eigenvalue weighted by molar-refractivity contribution is 7.89. The second kappa shape index (κ2) is 10.4. The number of carbonyl (C=O) groups is 2. The summed E-state index contributed by atoms with van der Waals surface area (Å²) in [5.41, 5.74) is 0.174. The Morgan fingerprint density at radius 2 is 1.80 bits per heavy atom. The van der Waals surface area contributed by atoms with Gasteiger partial charge in [0.2, 0.25) is 15.9 Å². The maximum absolute atomic E-state index is 12.8. The predicted molar refractivity (Wildman–Crippen MR) is 113 cm³/mol. The molecule has 1 atom stereocenters. The molecule has 1 aromatic heterocycles. The molecule has 9 heteroatoms. The highest BCUT2D eigenvalue weighted by atomic mass is 32.2. The molecule has 1 aromatic carbocycles. The lowest BCUT2D eigenvalue weighted by molar-refractivity contribution is -0.124. The van der Waals surface area contributed by atoms with Gasteiger partial charge in [0.1, 0.15) is 11.8 Å². The highest BCUT2D eigenvalue weighted by Gasteiger charge is 2.26. The number of amides is 2. The molecule has 0 aliphatic heterocycles. The van der Waals surface area contributed by atoms with E-state index in [1.54, 1.807) is 26.0 Å². The van der Waals surface area contributed by atoms with E-state index in [2.05, 4.69) is 10.6 Å². The van der Waals surface area contributed by atoms with Crippen molar-refractivity contribution in [3.63, 3.8) is 0 Å². The molecule has 0 saturated heterocycles. The van der Waals surface area contributed by atoms with Gasteiger partial charge in [0.05, 0.1) is 17.7 Å². The number of nitrogens with one attached hydrogen (secondary N) is 2. The number of sulfonamides is 1. The Bertz CT molecular complexity index is 951. The van der Waals surface area contributed by atoms with Crippen molar-refractivity contribution in [1.82, 2.24) is 14.9 Å². The zero-order valence-corrected chi connectivity index (χ0v) is 18.5. The summed E-state index contributed by atoms with van der Waals surface area (Å²) in [6.07, 6.45) is 1.52. The van der Waals surface area contributed by atoms with Crippen LogP contribution in [-0.2, 0) is 21.4 Å². The summed E-state index contributed by atoms with van der Waals surface area (Å²) in [7, 11) is -3.69. The highest BCUT2D eigenvalue weighted by Crippen LogP contribution is 2.17. The van der Waals surface area contributed by atoms with Crippen LogP contribution < -0.4 is 10.6 Å². The standard InChI is InChI=1S/C21H29N3O5S/c1-5-24(6-2)30(27,28)18-11-7-9-16(13-18)20(25)23-19(15(3)4)21(26)22-14-17-10-8-12-29-17/h7-13,15,19H,5-6,14H2,1-4H3,(H,22,26)(H,23,25)/t19-/m0/s1.